The maximum atomic E-state index is 12.3. The number of carbonyl (C=O) groups is 1. The Bertz CT molecular complexity index is 1200. The highest BCUT2D eigenvalue weighted by Crippen LogP contribution is 2.22. The summed E-state index contributed by atoms with van der Waals surface area (Å²) in [6.45, 7) is 0.511. The average Bonchev–Trinajstić information content (AvgIpc) is 3.39. The van der Waals surface area contributed by atoms with Gasteiger partial charge in [-0.2, -0.15) is 4.52 Å². The molecule has 0 spiro atoms. The van der Waals surface area contributed by atoms with Gasteiger partial charge >= 0.3 is 0 Å². The minimum absolute atomic E-state index is 0.229. The van der Waals surface area contributed by atoms with Crippen molar-refractivity contribution in [1.82, 2.24) is 34.9 Å². The molecule has 0 radical (unpaired) electrons. The van der Waals surface area contributed by atoms with Gasteiger partial charge in [0.1, 0.15) is 17.9 Å². The summed E-state index contributed by atoms with van der Waals surface area (Å²) in [7, 11) is 4.80. The summed E-state index contributed by atoms with van der Waals surface area (Å²) in [5, 5.41) is 19.6. The number of benzene rings is 1. The number of hydrogen-bond donors (Lipinski definition) is 1. The van der Waals surface area contributed by atoms with Crippen molar-refractivity contribution in [2.24, 2.45) is 7.05 Å². The summed E-state index contributed by atoms with van der Waals surface area (Å²) in [5.41, 5.74) is 1.80. The Kier molecular flexibility index (Phi) is 5.65. The van der Waals surface area contributed by atoms with Crippen molar-refractivity contribution in [3.8, 4) is 28.9 Å². The van der Waals surface area contributed by atoms with Crippen molar-refractivity contribution in [3.05, 3.63) is 48.2 Å². The fraction of sp³-hybridized carbons (Fsp3) is 0.250. The lowest BCUT2D eigenvalue weighted by molar-refractivity contribution is 0.0943. The first kappa shape index (κ1) is 20.1. The molecule has 11 heteroatoms. The summed E-state index contributed by atoms with van der Waals surface area (Å²) >= 11 is 0. The van der Waals surface area contributed by atoms with Crippen LogP contribution in [-0.2, 0) is 7.05 Å². The lowest BCUT2D eigenvalue weighted by atomic mass is 10.2. The monoisotopic (exact) mass is 423 g/mol. The summed E-state index contributed by atoms with van der Waals surface area (Å²) in [5.74, 6) is 1.69. The van der Waals surface area contributed by atoms with E-state index in [0.29, 0.717) is 22.9 Å². The Morgan fingerprint density at radius 1 is 1.03 bits per heavy atom. The van der Waals surface area contributed by atoms with Gasteiger partial charge in [-0.1, -0.05) is 0 Å². The van der Waals surface area contributed by atoms with Crippen LogP contribution in [0, 0.1) is 0 Å². The Labute approximate surface area is 177 Å². The van der Waals surface area contributed by atoms with E-state index >= 15 is 0 Å². The van der Waals surface area contributed by atoms with Gasteiger partial charge < -0.3 is 19.5 Å². The Morgan fingerprint density at radius 2 is 1.84 bits per heavy atom. The standard InChI is InChI=1S/C20H21N7O4/c1-26-12-15(20(25-26)30-3)19(28)21-10-11-31-17-9-8-16-22-23-18(27(16)24-17)13-4-6-14(29-2)7-5-13/h4-9,12H,10-11H2,1-3H3,(H,21,28). The van der Waals surface area contributed by atoms with Crippen LogP contribution in [0.2, 0.25) is 0 Å². The van der Waals surface area contributed by atoms with Crippen LogP contribution in [0.15, 0.2) is 42.6 Å². The second-order valence-corrected chi connectivity index (χ2v) is 6.52. The topological polar surface area (TPSA) is 118 Å². The number of aryl methyl sites for hydroxylation is 1. The SMILES string of the molecule is COc1ccc(-c2nnc3ccc(OCCNC(=O)c4cn(C)nc4OC)nn23)cc1. The number of rotatable bonds is 8. The van der Waals surface area contributed by atoms with Gasteiger partial charge in [0.2, 0.25) is 11.8 Å². The molecular formula is C20H21N7O4. The largest absolute Gasteiger partial charge is 0.497 e. The quantitative estimate of drug-likeness (QED) is 0.422. The normalized spacial score (nSPS) is 10.8. The van der Waals surface area contributed by atoms with E-state index in [1.807, 2.05) is 24.3 Å². The lowest BCUT2D eigenvalue weighted by Gasteiger charge is -2.07. The highest BCUT2D eigenvalue weighted by Gasteiger charge is 2.16. The van der Waals surface area contributed by atoms with Gasteiger partial charge in [0.05, 0.1) is 20.8 Å². The van der Waals surface area contributed by atoms with E-state index in [0.717, 1.165) is 11.3 Å². The zero-order valence-electron chi connectivity index (χ0n) is 17.3. The number of ether oxygens (including phenoxy) is 3. The third-order valence-electron chi connectivity index (χ3n) is 4.46. The molecule has 1 amide bonds. The van der Waals surface area contributed by atoms with Crippen molar-refractivity contribution in [3.63, 3.8) is 0 Å². The van der Waals surface area contributed by atoms with Gasteiger partial charge in [0.25, 0.3) is 5.91 Å². The molecule has 1 aromatic carbocycles. The van der Waals surface area contributed by atoms with Gasteiger partial charge in [-0.05, 0) is 30.3 Å². The van der Waals surface area contributed by atoms with Gasteiger partial charge in [0, 0.05) is 24.9 Å². The molecule has 0 fully saturated rings. The van der Waals surface area contributed by atoms with Crippen molar-refractivity contribution in [1.29, 1.82) is 0 Å². The zero-order valence-corrected chi connectivity index (χ0v) is 17.3. The molecule has 0 saturated carbocycles. The summed E-state index contributed by atoms with van der Waals surface area (Å²) in [4.78, 5) is 12.3. The first-order valence-electron chi connectivity index (χ1n) is 9.44. The Hall–Kier alpha value is -4.15. The molecule has 160 valence electrons. The predicted molar refractivity (Wildman–Crippen MR) is 110 cm³/mol. The molecule has 0 saturated heterocycles. The highest BCUT2D eigenvalue weighted by atomic mass is 16.5. The second kappa shape index (κ2) is 8.69. The second-order valence-electron chi connectivity index (χ2n) is 6.52. The number of carbonyl (C=O) groups excluding carboxylic acids is 1. The maximum absolute atomic E-state index is 12.3. The van der Waals surface area contributed by atoms with E-state index in [9.17, 15) is 4.79 Å². The number of nitrogens with one attached hydrogen (secondary N) is 1. The molecule has 0 bridgehead atoms. The predicted octanol–water partition coefficient (Wildman–Crippen LogP) is 1.35. The lowest BCUT2D eigenvalue weighted by Crippen LogP contribution is -2.28. The molecule has 4 rings (SSSR count). The molecule has 0 atom stereocenters. The van der Waals surface area contributed by atoms with E-state index in [4.69, 9.17) is 14.2 Å². The van der Waals surface area contributed by atoms with Crippen LogP contribution in [0.4, 0.5) is 0 Å². The third kappa shape index (κ3) is 4.25. The molecule has 3 aromatic heterocycles. The molecule has 31 heavy (non-hydrogen) atoms. The molecular weight excluding hydrogens is 402 g/mol. The fourth-order valence-electron chi connectivity index (χ4n) is 2.96. The first-order valence-corrected chi connectivity index (χ1v) is 9.44. The van der Waals surface area contributed by atoms with Gasteiger partial charge in [-0.3, -0.25) is 9.48 Å². The number of nitrogens with zero attached hydrogens (tertiary/aromatic N) is 6. The van der Waals surface area contributed by atoms with E-state index in [1.54, 1.807) is 37.0 Å². The average molecular weight is 423 g/mol. The molecule has 3 heterocycles. The van der Waals surface area contributed by atoms with E-state index in [1.165, 1.54) is 11.8 Å². The van der Waals surface area contributed by atoms with Crippen molar-refractivity contribution in [2.75, 3.05) is 27.4 Å². The number of aromatic nitrogens is 6. The number of hydrogen-bond acceptors (Lipinski definition) is 8. The van der Waals surface area contributed by atoms with Crippen molar-refractivity contribution in [2.45, 2.75) is 0 Å². The van der Waals surface area contributed by atoms with Crippen LogP contribution in [0.3, 0.4) is 0 Å². The summed E-state index contributed by atoms with van der Waals surface area (Å²) < 4.78 is 19.1. The van der Waals surface area contributed by atoms with Crippen LogP contribution in [0.25, 0.3) is 17.0 Å². The van der Waals surface area contributed by atoms with Crippen LogP contribution < -0.4 is 19.5 Å². The van der Waals surface area contributed by atoms with E-state index < -0.39 is 0 Å². The minimum Gasteiger partial charge on any atom is -0.497 e. The van der Waals surface area contributed by atoms with Gasteiger partial charge in [0.15, 0.2) is 11.5 Å². The number of methoxy groups -OCH3 is 2. The van der Waals surface area contributed by atoms with Crippen molar-refractivity contribution < 1.29 is 19.0 Å². The van der Waals surface area contributed by atoms with Crippen LogP contribution in [0.5, 0.6) is 17.5 Å². The molecule has 0 aliphatic carbocycles. The van der Waals surface area contributed by atoms with Gasteiger partial charge in [-0.15, -0.1) is 20.4 Å². The molecule has 1 N–H and O–H groups in total. The van der Waals surface area contributed by atoms with Crippen LogP contribution in [-0.4, -0.2) is 62.9 Å². The molecule has 4 aromatic rings. The fourth-order valence-corrected chi connectivity index (χ4v) is 2.96. The molecule has 0 aliphatic rings. The Morgan fingerprint density at radius 3 is 2.58 bits per heavy atom. The van der Waals surface area contributed by atoms with Crippen molar-refractivity contribution >= 4 is 11.6 Å². The first-order chi connectivity index (χ1) is 15.1. The number of fused-ring (bicyclic) bond motifs is 1. The number of amides is 1. The maximum Gasteiger partial charge on any atom is 0.258 e. The third-order valence-corrected chi connectivity index (χ3v) is 4.46. The molecule has 0 aliphatic heterocycles. The highest BCUT2D eigenvalue weighted by molar-refractivity contribution is 5.96. The Balaban J connectivity index is 1.40. The molecule has 0 unspecified atom stereocenters. The molecule has 11 nitrogen and oxygen atoms in total. The van der Waals surface area contributed by atoms with E-state index in [2.05, 4.69) is 25.7 Å². The van der Waals surface area contributed by atoms with Gasteiger partial charge in [-0.25, -0.2) is 0 Å². The summed E-state index contributed by atoms with van der Waals surface area (Å²) in [6, 6.07) is 10.9. The minimum atomic E-state index is -0.294. The summed E-state index contributed by atoms with van der Waals surface area (Å²) in [6.07, 6.45) is 1.59. The van der Waals surface area contributed by atoms with Crippen LogP contribution >= 0.6 is 0 Å². The van der Waals surface area contributed by atoms with E-state index in [-0.39, 0.29) is 24.9 Å². The smallest absolute Gasteiger partial charge is 0.258 e. The van der Waals surface area contributed by atoms with Crippen LogP contribution in [0.1, 0.15) is 10.4 Å². The zero-order chi connectivity index (χ0) is 21.8.